The summed E-state index contributed by atoms with van der Waals surface area (Å²) in [6.07, 6.45) is 0.564. The first-order valence-electron chi connectivity index (χ1n) is 8.33. The van der Waals surface area contributed by atoms with Crippen LogP contribution in [0.4, 0.5) is 0 Å². The summed E-state index contributed by atoms with van der Waals surface area (Å²) in [5.41, 5.74) is 1.05. The lowest BCUT2D eigenvalue weighted by molar-refractivity contribution is -0.120. The molecule has 0 atom stereocenters. The van der Waals surface area contributed by atoms with Gasteiger partial charge >= 0.3 is 0 Å². The van der Waals surface area contributed by atoms with Crippen LogP contribution in [0, 0.1) is 11.3 Å². The maximum absolute atomic E-state index is 11.2. The van der Waals surface area contributed by atoms with Gasteiger partial charge in [-0.2, -0.15) is 5.26 Å². The molecule has 2 aromatic carbocycles. The highest BCUT2D eigenvalue weighted by Gasteiger charge is 2.01. The van der Waals surface area contributed by atoms with E-state index in [1.165, 1.54) is 0 Å². The molecule has 0 saturated carbocycles. The Bertz CT molecular complexity index is 738. The molecule has 0 bridgehead atoms. The number of rotatable bonds is 10. The molecule has 0 aliphatic carbocycles. The fraction of sp³-hybridized carbons (Fsp3) is 0.300. The van der Waals surface area contributed by atoms with Gasteiger partial charge in [-0.1, -0.05) is 12.1 Å². The van der Waals surface area contributed by atoms with Crippen molar-refractivity contribution in [2.24, 2.45) is 0 Å². The monoisotopic (exact) mass is 354 g/mol. The molecule has 2 aromatic rings. The van der Waals surface area contributed by atoms with Crippen LogP contribution >= 0.6 is 0 Å². The van der Waals surface area contributed by atoms with Crippen molar-refractivity contribution in [1.82, 2.24) is 5.32 Å². The van der Waals surface area contributed by atoms with Crippen molar-refractivity contribution >= 4 is 5.91 Å². The first kappa shape index (κ1) is 19.1. The molecule has 26 heavy (non-hydrogen) atoms. The third-order valence-electron chi connectivity index (χ3n) is 3.55. The standard InChI is InChI=1S/C20H22N2O4/c1-24-17-5-7-18(8-6-17)25-13-14-26-19-4-2-3-16(15-19)10-12-22-20(23)9-11-21/h2-8,15H,9-10,12-14H2,1H3,(H,22,23). The predicted molar refractivity (Wildman–Crippen MR) is 97.4 cm³/mol. The van der Waals surface area contributed by atoms with Crippen molar-refractivity contribution in [3.05, 3.63) is 54.1 Å². The fourth-order valence-corrected chi connectivity index (χ4v) is 2.26. The summed E-state index contributed by atoms with van der Waals surface area (Å²) in [5, 5.41) is 11.1. The van der Waals surface area contributed by atoms with Gasteiger partial charge in [0.2, 0.25) is 5.91 Å². The molecule has 136 valence electrons. The highest BCUT2D eigenvalue weighted by molar-refractivity contribution is 5.77. The maximum atomic E-state index is 11.2. The Kier molecular flexibility index (Phi) is 7.81. The molecule has 1 amide bonds. The second-order valence-electron chi connectivity index (χ2n) is 5.45. The summed E-state index contributed by atoms with van der Waals surface area (Å²) in [7, 11) is 1.62. The maximum Gasteiger partial charge on any atom is 0.234 e. The molecule has 0 radical (unpaired) electrons. The second kappa shape index (κ2) is 10.6. The van der Waals surface area contributed by atoms with Crippen molar-refractivity contribution in [2.75, 3.05) is 26.9 Å². The number of nitrogens with one attached hydrogen (secondary N) is 1. The lowest BCUT2D eigenvalue weighted by Crippen LogP contribution is -2.24. The van der Waals surface area contributed by atoms with Crippen LogP contribution in [-0.4, -0.2) is 32.8 Å². The van der Waals surface area contributed by atoms with Crippen LogP contribution in [0.1, 0.15) is 12.0 Å². The van der Waals surface area contributed by atoms with E-state index in [9.17, 15) is 4.79 Å². The zero-order chi connectivity index (χ0) is 18.6. The number of carbonyl (C=O) groups excluding carboxylic acids is 1. The van der Waals surface area contributed by atoms with E-state index in [0.29, 0.717) is 26.2 Å². The molecule has 6 nitrogen and oxygen atoms in total. The molecule has 0 aromatic heterocycles. The quantitative estimate of drug-likeness (QED) is 0.664. The van der Waals surface area contributed by atoms with E-state index in [2.05, 4.69) is 5.32 Å². The summed E-state index contributed by atoms with van der Waals surface area (Å²) >= 11 is 0. The minimum atomic E-state index is -0.254. The molecule has 0 aliphatic rings. The van der Waals surface area contributed by atoms with Crippen LogP contribution in [0.15, 0.2) is 48.5 Å². The average molecular weight is 354 g/mol. The number of nitrogens with zero attached hydrogens (tertiary/aromatic N) is 1. The number of benzene rings is 2. The minimum Gasteiger partial charge on any atom is -0.497 e. The third-order valence-corrected chi connectivity index (χ3v) is 3.55. The lowest BCUT2D eigenvalue weighted by Gasteiger charge is -2.10. The van der Waals surface area contributed by atoms with Gasteiger partial charge in [0, 0.05) is 6.54 Å². The highest BCUT2D eigenvalue weighted by atomic mass is 16.5. The highest BCUT2D eigenvalue weighted by Crippen LogP contribution is 2.17. The zero-order valence-corrected chi connectivity index (χ0v) is 14.7. The van der Waals surface area contributed by atoms with Crippen molar-refractivity contribution in [3.8, 4) is 23.3 Å². The molecule has 6 heteroatoms. The van der Waals surface area contributed by atoms with E-state index in [0.717, 1.165) is 22.8 Å². The van der Waals surface area contributed by atoms with Gasteiger partial charge in [0.25, 0.3) is 0 Å². The second-order valence-corrected chi connectivity index (χ2v) is 5.45. The van der Waals surface area contributed by atoms with Crippen LogP contribution in [0.5, 0.6) is 17.2 Å². The van der Waals surface area contributed by atoms with E-state index < -0.39 is 0 Å². The number of carbonyl (C=O) groups is 1. The number of methoxy groups -OCH3 is 1. The SMILES string of the molecule is COc1ccc(OCCOc2cccc(CCNC(=O)CC#N)c2)cc1. The van der Waals surface area contributed by atoms with Gasteiger partial charge in [-0.3, -0.25) is 4.79 Å². The molecular formula is C20H22N2O4. The summed E-state index contributed by atoms with van der Waals surface area (Å²) in [6.45, 7) is 1.35. The van der Waals surface area contributed by atoms with Crippen molar-refractivity contribution in [2.45, 2.75) is 12.8 Å². The van der Waals surface area contributed by atoms with Gasteiger partial charge in [0.1, 0.15) is 36.9 Å². The zero-order valence-electron chi connectivity index (χ0n) is 14.7. The molecule has 0 fully saturated rings. The molecule has 0 heterocycles. The normalized spacial score (nSPS) is 9.85. The Hall–Kier alpha value is -3.20. The first-order chi connectivity index (χ1) is 12.7. The van der Waals surface area contributed by atoms with Crippen LogP contribution in [-0.2, 0) is 11.2 Å². The predicted octanol–water partition coefficient (Wildman–Crippen LogP) is 2.73. The molecule has 0 aliphatic heterocycles. The molecule has 0 saturated heterocycles. The van der Waals surface area contributed by atoms with Gasteiger partial charge in [0.15, 0.2) is 0 Å². The number of ether oxygens (including phenoxy) is 3. The minimum absolute atomic E-state index is 0.114. The third kappa shape index (κ3) is 6.73. The summed E-state index contributed by atoms with van der Waals surface area (Å²) in [6, 6.07) is 16.9. The first-order valence-corrected chi connectivity index (χ1v) is 8.33. The van der Waals surface area contributed by atoms with E-state index in [4.69, 9.17) is 19.5 Å². The van der Waals surface area contributed by atoms with E-state index in [1.807, 2.05) is 54.6 Å². The van der Waals surface area contributed by atoms with Crippen LogP contribution in [0.3, 0.4) is 0 Å². The number of nitriles is 1. The fourth-order valence-electron chi connectivity index (χ4n) is 2.26. The Morgan fingerprint density at radius 1 is 1.04 bits per heavy atom. The van der Waals surface area contributed by atoms with Gasteiger partial charge in [0.05, 0.1) is 13.2 Å². The van der Waals surface area contributed by atoms with Gasteiger partial charge in [-0.15, -0.1) is 0 Å². The molecule has 2 rings (SSSR count). The molecule has 0 unspecified atom stereocenters. The molecular weight excluding hydrogens is 332 g/mol. The molecule has 1 N–H and O–H groups in total. The van der Waals surface area contributed by atoms with E-state index in [-0.39, 0.29) is 12.3 Å². The number of hydrogen-bond acceptors (Lipinski definition) is 5. The topological polar surface area (TPSA) is 80.6 Å². The largest absolute Gasteiger partial charge is 0.497 e. The van der Waals surface area contributed by atoms with Crippen molar-refractivity contribution in [1.29, 1.82) is 5.26 Å². The van der Waals surface area contributed by atoms with Crippen LogP contribution < -0.4 is 19.5 Å². The van der Waals surface area contributed by atoms with Gasteiger partial charge in [-0.25, -0.2) is 0 Å². The van der Waals surface area contributed by atoms with E-state index >= 15 is 0 Å². The van der Waals surface area contributed by atoms with Gasteiger partial charge < -0.3 is 19.5 Å². The van der Waals surface area contributed by atoms with E-state index in [1.54, 1.807) is 7.11 Å². The number of amides is 1. The Labute approximate surface area is 153 Å². The smallest absolute Gasteiger partial charge is 0.234 e. The Morgan fingerprint density at radius 3 is 2.42 bits per heavy atom. The molecule has 0 spiro atoms. The van der Waals surface area contributed by atoms with Crippen molar-refractivity contribution < 1.29 is 19.0 Å². The number of hydrogen-bond donors (Lipinski definition) is 1. The van der Waals surface area contributed by atoms with Gasteiger partial charge in [-0.05, 0) is 48.4 Å². The summed E-state index contributed by atoms with van der Waals surface area (Å²) in [5.74, 6) is 2.05. The Morgan fingerprint density at radius 2 is 1.73 bits per heavy atom. The average Bonchev–Trinajstić information content (AvgIpc) is 2.66. The Balaban J connectivity index is 1.70. The summed E-state index contributed by atoms with van der Waals surface area (Å²) in [4.78, 5) is 11.2. The van der Waals surface area contributed by atoms with Crippen LogP contribution in [0.25, 0.3) is 0 Å². The van der Waals surface area contributed by atoms with Crippen LogP contribution in [0.2, 0.25) is 0 Å². The lowest BCUT2D eigenvalue weighted by atomic mass is 10.1. The van der Waals surface area contributed by atoms with Crippen molar-refractivity contribution in [3.63, 3.8) is 0 Å². The summed E-state index contributed by atoms with van der Waals surface area (Å²) < 4.78 is 16.4.